The van der Waals surface area contributed by atoms with Crippen LogP contribution < -0.4 is 0 Å². The molecule has 4 rings (SSSR count). The second kappa shape index (κ2) is 7.44. The third kappa shape index (κ3) is 3.78. The standard InChI is InChI=1S/C21H27N3O3S/c1-14(25)21-23-19-13-22-18-6-4-3-5-17(18)20(19)24(21)16-9-7-15(8-10-16)11-12-28(2,26)27/h3-6,13-16,25H,7-12H2,1-2H3/t14-,15?,16?/m1/s1. The number of aliphatic hydroxyl groups is 1. The van der Waals surface area contributed by atoms with Gasteiger partial charge in [-0.05, 0) is 51.0 Å². The third-order valence-corrected chi connectivity index (χ3v) is 6.88. The molecule has 1 fully saturated rings. The fraction of sp³-hybridized carbons (Fsp3) is 0.524. The van der Waals surface area contributed by atoms with Crippen LogP contribution in [0.3, 0.4) is 0 Å². The number of rotatable bonds is 5. The predicted molar refractivity (Wildman–Crippen MR) is 111 cm³/mol. The van der Waals surface area contributed by atoms with Crippen molar-refractivity contribution in [3.63, 3.8) is 0 Å². The minimum Gasteiger partial charge on any atom is -0.385 e. The summed E-state index contributed by atoms with van der Waals surface area (Å²) in [4.78, 5) is 9.21. The van der Waals surface area contributed by atoms with Gasteiger partial charge >= 0.3 is 0 Å². The number of para-hydroxylation sites is 1. The smallest absolute Gasteiger partial charge is 0.147 e. The van der Waals surface area contributed by atoms with Crippen molar-refractivity contribution in [3.8, 4) is 0 Å². The van der Waals surface area contributed by atoms with Crippen molar-refractivity contribution < 1.29 is 13.5 Å². The van der Waals surface area contributed by atoms with Crippen molar-refractivity contribution in [2.75, 3.05) is 12.0 Å². The molecule has 1 N–H and O–H groups in total. The summed E-state index contributed by atoms with van der Waals surface area (Å²) in [6, 6.07) is 8.30. The van der Waals surface area contributed by atoms with Crippen LogP contribution in [0.1, 0.15) is 57.0 Å². The lowest BCUT2D eigenvalue weighted by Gasteiger charge is -2.31. The normalized spacial score (nSPS) is 22.0. The zero-order chi connectivity index (χ0) is 19.9. The second-order valence-corrected chi connectivity index (χ2v) is 10.4. The number of benzene rings is 1. The Hall–Kier alpha value is -1.99. The van der Waals surface area contributed by atoms with Crippen LogP contribution in [0.25, 0.3) is 21.9 Å². The number of nitrogens with zero attached hydrogens (tertiary/aromatic N) is 3. The third-order valence-electron chi connectivity index (χ3n) is 5.90. The second-order valence-electron chi connectivity index (χ2n) is 8.12. The van der Waals surface area contributed by atoms with E-state index in [1.807, 2.05) is 18.2 Å². The molecule has 1 aliphatic carbocycles. The highest BCUT2D eigenvalue weighted by atomic mass is 32.2. The van der Waals surface area contributed by atoms with E-state index in [1.54, 1.807) is 13.1 Å². The van der Waals surface area contributed by atoms with Gasteiger partial charge in [0.25, 0.3) is 0 Å². The molecule has 0 saturated heterocycles. The number of hydrogen-bond donors (Lipinski definition) is 1. The first-order valence-electron chi connectivity index (χ1n) is 9.95. The predicted octanol–water partition coefficient (Wildman–Crippen LogP) is 3.80. The number of sulfone groups is 1. The lowest BCUT2D eigenvalue weighted by molar-refractivity contribution is 0.174. The van der Waals surface area contributed by atoms with Crippen LogP contribution in [-0.2, 0) is 9.84 Å². The van der Waals surface area contributed by atoms with Gasteiger partial charge in [0, 0.05) is 17.7 Å². The zero-order valence-corrected chi connectivity index (χ0v) is 17.2. The van der Waals surface area contributed by atoms with E-state index in [4.69, 9.17) is 4.98 Å². The average Bonchev–Trinajstić information content (AvgIpc) is 3.07. The lowest BCUT2D eigenvalue weighted by Crippen LogP contribution is -2.22. The van der Waals surface area contributed by atoms with Crippen molar-refractivity contribution >= 4 is 31.8 Å². The molecule has 2 heterocycles. The highest BCUT2D eigenvalue weighted by Gasteiger charge is 2.28. The number of aliphatic hydroxyl groups excluding tert-OH is 1. The van der Waals surface area contributed by atoms with E-state index in [9.17, 15) is 13.5 Å². The maximum absolute atomic E-state index is 11.5. The number of hydrogen-bond acceptors (Lipinski definition) is 5. The summed E-state index contributed by atoms with van der Waals surface area (Å²) >= 11 is 0. The first kappa shape index (κ1) is 19.3. The van der Waals surface area contributed by atoms with Crippen LogP contribution in [0.5, 0.6) is 0 Å². The fourth-order valence-corrected chi connectivity index (χ4v) is 5.24. The molecule has 1 atom stereocenters. The van der Waals surface area contributed by atoms with E-state index in [2.05, 4.69) is 15.6 Å². The fourth-order valence-electron chi connectivity index (χ4n) is 4.48. The minimum atomic E-state index is -2.91. The monoisotopic (exact) mass is 401 g/mol. The molecule has 0 spiro atoms. The van der Waals surface area contributed by atoms with Gasteiger partial charge in [-0.2, -0.15) is 0 Å². The Morgan fingerprint density at radius 2 is 1.89 bits per heavy atom. The van der Waals surface area contributed by atoms with Gasteiger partial charge in [0.15, 0.2) is 0 Å². The SMILES string of the molecule is C[C@@H](O)c1nc2cnc3ccccc3c2n1C1CCC(CCS(C)(=O)=O)CC1. The molecule has 2 aromatic heterocycles. The van der Waals surface area contributed by atoms with E-state index in [-0.39, 0.29) is 11.8 Å². The Kier molecular flexibility index (Phi) is 5.14. The molecular weight excluding hydrogens is 374 g/mol. The van der Waals surface area contributed by atoms with Crippen molar-refractivity contribution in [1.29, 1.82) is 0 Å². The molecule has 0 unspecified atom stereocenters. The van der Waals surface area contributed by atoms with E-state index < -0.39 is 15.9 Å². The molecule has 28 heavy (non-hydrogen) atoms. The van der Waals surface area contributed by atoms with Crippen molar-refractivity contribution in [2.24, 2.45) is 5.92 Å². The number of imidazole rings is 1. The summed E-state index contributed by atoms with van der Waals surface area (Å²) < 4.78 is 25.2. The summed E-state index contributed by atoms with van der Waals surface area (Å²) in [5.74, 6) is 1.41. The Bertz CT molecular complexity index is 1100. The van der Waals surface area contributed by atoms with Gasteiger partial charge in [0.2, 0.25) is 0 Å². The van der Waals surface area contributed by atoms with E-state index in [0.717, 1.165) is 54.0 Å². The number of fused-ring (bicyclic) bond motifs is 3. The Morgan fingerprint density at radius 3 is 2.57 bits per heavy atom. The molecule has 0 bridgehead atoms. The molecule has 7 heteroatoms. The Balaban J connectivity index is 1.68. The summed E-state index contributed by atoms with van der Waals surface area (Å²) in [5, 5.41) is 11.4. The minimum absolute atomic E-state index is 0.259. The average molecular weight is 402 g/mol. The molecule has 150 valence electrons. The topological polar surface area (TPSA) is 85.1 Å². The van der Waals surface area contributed by atoms with Gasteiger partial charge in [-0.3, -0.25) is 4.98 Å². The molecule has 0 amide bonds. The van der Waals surface area contributed by atoms with Crippen molar-refractivity contribution in [2.45, 2.75) is 51.2 Å². The molecule has 6 nitrogen and oxygen atoms in total. The van der Waals surface area contributed by atoms with Crippen molar-refractivity contribution in [1.82, 2.24) is 14.5 Å². The molecule has 0 radical (unpaired) electrons. The first-order chi connectivity index (χ1) is 13.3. The molecule has 1 aromatic carbocycles. The van der Waals surface area contributed by atoms with Gasteiger partial charge in [0.05, 0.1) is 23.0 Å². The summed E-state index contributed by atoms with van der Waals surface area (Å²) in [6.07, 6.45) is 7.12. The molecule has 1 aliphatic rings. The summed E-state index contributed by atoms with van der Waals surface area (Å²) in [5.41, 5.74) is 2.78. The van der Waals surface area contributed by atoms with Crippen LogP contribution in [0.15, 0.2) is 30.5 Å². The maximum atomic E-state index is 11.5. The Labute approximate surface area is 165 Å². The van der Waals surface area contributed by atoms with Gasteiger partial charge in [-0.1, -0.05) is 18.2 Å². The van der Waals surface area contributed by atoms with E-state index in [0.29, 0.717) is 11.7 Å². The van der Waals surface area contributed by atoms with Crippen LogP contribution in [0.2, 0.25) is 0 Å². The van der Waals surface area contributed by atoms with Gasteiger partial charge in [-0.25, -0.2) is 13.4 Å². The highest BCUT2D eigenvalue weighted by molar-refractivity contribution is 7.90. The van der Waals surface area contributed by atoms with Gasteiger partial charge in [0.1, 0.15) is 27.3 Å². The zero-order valence-electron chi connectivity index (χ0n) is 16.4. The molecule has 1 saturated carbocycles. The highest BCUT2D eigenvalue weighted by Crippen LogP contribution is 2.39. The van der Waals surface area contributed by atoms with Crippen LogP contribution in [0.4, 0.5) is 0 Å². The van der Waals surface area contributed by atoms with Gasteiger partial charge < -0.3 is 9.67 Å². The summed E-state index contributed by atoms with van der Waals surface area (Å²) in [7, 11) is -2.91. The lowest BCUT2D eigenvalue weighted by atomic mass is 9.84. The van der Waals surface area contributed by atoms with Crippen LogP contribution >= 0.6 is 0 Å². The van der Waals surface area contributed by atoms with Crippen LogP contribution in [-0.4, -0.2) is 40.1 Å². The largest absolute Gasteiger partial charge is 0.385 e. The molecular formula is C21H27N3O3S. The number of pyridine rings is 1. The molecule has 3 aromatic rings. The molecule has 0 aliphatic heterocycles. The van der Waals surface area contributed by atoms with Gasteiger partial charge in [-0.15, -0.1) is 0 Å². The van der Waals surface area contributed by atoms with E-state index in [1.165, 1.54) is 6.26 Å². The summed E-state index contributed by atoms with van der Waals surface area (Å²) in [6.45, 7) is 1.76. The van der Waals surface area contributed by atoms with Crippen molar-refractivity contribution in [3.05, 3.63) is 36.3 Å². The number of aromatic nitrogens is 3. The maximum Gasteiger partial charge on any atom is 0.147 e. The van der Waals surface area contributed by atoms with Crippen LogP contribution in [0, 0.1) is 5.92 Å². The quantitative estimate of drug-likeness (QED) is 0.703. The van der Waals surface area contributed by atoms with E-state index >= 15 is 0 Å². The Morgan fingerprint density at radius 1 is 1.18 bits per heavy atom. The first-order valence-corrected chi connectivity index (χ1v) is 12.0.